The highest BCUT2D eigenvalue weighted by atomic mass is 16.4. The number of hydrogen-bond donors (Lipinski definition) is 16. The molecule has 0 aromatic carbocycles. The van der Waals surface area contributed by atoms with E-state index in [1.807, 2.05) is 0 Å². The summed E-state index contributed by atoms with van der Waals surface area (Å²) in [7, 11) is 0. The summed E-state index contributed by atoms with van der Waals surface area (Å²) in [5.74, 6) is -16.1. The maximum absolute atomic E-state index is 13.6. The molecule has 0 aliphatic heterocycles. The van der Waals surface area contributed by atoms with E-state index in [9.17, 15) is 77.3 Å². The Hall–Kier alpha value is -7.50. The van der Waals surface area contributed by atoms with Crippen LogP contribution in [0.15, 0.2) is 0 Å². The van der Waals surface area contributed by atoms with Gasteiger partial charge in [-0.15, -0.1) is 0 Å². The van der Waals surface area contributed by atoms with Gasteiger partial charge in [-0.05, 0) is 44.9 Å². The Morgan fingerprint density at radius 3 is 1.37 bits per heavy atom. The van der Waals surface area contributed by atoms with E-state index >= 15 is 0 Å². The lowest BCUT2D eigenvalue weighted by atomic mass is 10.0. The van der Waals surface area contributed by atoms with Gasteiger partial charge in [0.05, 0.1) is 25.6 Å². The van der Waals surface area contributed by atoms with Crippen LogP contribution in [0.1, 0.15) is 85.0 Å². The van der Waals surface area contributed by atoms with Gasteiger partial charge in [-0.1, -0.05) is 13.8 Å². The van der Waals surface area contributed by atoms with Crippen molar-refractivity contribution >= 4 is 82.9 Å². The zero-order valence-electron chi connectivity index (χ0n) is 37.5. The van der Waals surface area contributed by atoms with Gasteiger partial charge in [-0.25, -0.2) is 0 Å². The number of aliphatic carboxylic acids is 3. The highest BCUT2D eigenvalue weighted by Crippen LogP contribution is 2.09. The molecule has 8 atom stereocenters. The van der Waals surface area contributed by atoms with Crippen LogP contribution in [0, 0.1) is 5.92 Å². The Labute approximate surface area is 387 Å². The summed E-state index contributed by atoms with van der Waals surface area (Å²) in [5, 5.41) is 54.7. The van der Waals surface area contributed by atoms with E-state index in [-0.39, 0.29) is 25.2 Å². The van der Waals surface area contributed by atoms with Crippen LogP contribution in [0.2, 0.25) is 0 Å². The number of nitrogens with one attached hydrogen (secondary N) is 8. The lowest BCUT2D eigenvalue weighted by molar-refractivity contribution is -0.139. The third-order valence-electron chi connectivity index (χ3n) is 9.29. The van der Waals surface area contributed by atoms with Crippen molar-refractivity contribution in [2.45, 2.75) is 133 Å². The van der Waals surface area contributed by atoms with Gasteiger partial charge < -0.3 is 85.9 Å². The number of carbonyl (C=O) groups is 14. The van der Waals surface area contributed by atoms with Crippen molar-refractivity contribution in [3.05, 3.63) is 0 Å². The van der Waals surface area contributed by atoms with Gasteiger partial charge in [0.25, 0.3) is 0 Å². The lowest BCUT2D eigenvalue weighted by Gasteiger charge is -2.27. The summed E-state index contributed by atoms with van der Waals surface area (Å²) in [4.78, 5) is 173. The van der Waals surface area contributed by atoms with Crippen LogP contribution in [0.5, 0.6) is 0 Å². The number of nitrogens with two attached hydrogens (primary N) is 4. The fraction of sp³-hybridized carbons (Fsp3) is 0.632. The average molecular weight is 975 g/mol. The van der Waals surface area contributed by atoms with Crippen molar-refractivity contribution in [3.63, 3.8) is 0 Å². The van der Waals surface area contributed by atoms with E-state index in [0.29, 0.717) is 0 Å². The molecule has 0 rings (SSSR count). The number of hydrogen-bond acceptors (Lipinski definition) is 16. The molecule has 0 aliphatic rings. The fourth-order valence-corrected chi connectivity index (χ4v) is 5.68. The predicted molar refractivity (Wildman–Crippen MR) is 229 cm³/mol. The molecule has 0 saturated carbocycles. The standard InChI is InChI=1S/C38H62N12O18/c1-16(2)12-22(36(66)50-24(15-51)38(68)49-23(13-26(41)53)37(67)45-19(31(42)61)6-10-29(57)58)48-35(65)21(7-11-30(59)60)46-32(62)17(3)44-27(54)14-43-34(64)20(5-8-25(40)52)47-33(63)18(39)4-9-28(55)56/h16-24,51H,4-15,39H2,1-3H3,(H2,40,52)(H2,41,53)(H2,42,61)(H,43,64)(H,44,54)(H,45,67)(H,46,62)(H,47,63)(H,48,65)(H,49,68)(H,50,66)(H,55,56)(H,57,58)(H,59,60)/t17-,18-,19-,20-,21-,22-,23-,24-/m0/s1. The topological polar surface area (TPSA) is 520 Å². The van der Waals surface area contributed by atoms with E-state index < -0.39 is 189 Å². The first-order valence-electron chi connectivity index (χ1n) is 20.8. The lowest BCUT2D eigenvalue weighted by Crippen LogP contribution is -2.60. The van der Waals surface area contributed by atoms with Crippen LogP contribution in [-0.4, -0.2) is 165 Å². The molecular formula is C38H62N12O18. The molecule has 0 aromatic heterocycles. The van der Waals surface area contributed by atoms with Gasteiger partial charge in [0.2, 0.25) is 65.0 Å². The minimum absolute atomic E-state index is 0.155. The Balaban J connectivity index is 5.99. The summed E-state index contributed by atoms with van der Waals surface area (Å²) < 4.78 is 0. The number of aliphatic hydroxyl groups is 1. The van der Waals surface area contributed by atoms with E-state index in [0.717, 1.165) is 6.92 Å². The Kier molecular flexibility index (Phi) is 27.3. The zero-order valence-corrected chi connectivity index (χ0v) is 37.5. The molecule has 68 heavy (non-hydrogen) atoms. The summed E-state index contributed by atoms with van der Waals surface area (Å²) in [6.07, 6.45) is -4.84. The van der Waals surface area contributed by atoms with E-state index in [1.54, 1.807) is 13.8 Å². The van der Waals surface area contributed by atoms with Crippen molar-refractivity contribution in [1.29, 1.82) is 0 Å². The molecule has 0 saturated heterocycles. The zero-order chi connectivity index (χ0) is 52.4. The van der Waals surface area contributed by atoms with Gasteiger partial charge in [-0.3, -0.25) is 67.1 Å². The van der Waals surface area contributed by atoms with E-state index in [2.05, 4.69) is 42.5 Å². The van der Waals surface area contributed by atoms with Gasteiger partial charge in [-0.2, -0.15) is 0 Å². The van der Waals surface area contributed by atoms with E-state index in [4.69, 9.17) is 33.1 Å². The van der Waals surface area contributed by atoms with Gasteiger partial charge in [0.15, 0.2) is 0 Å². The summed E-state index contributed by atoms with van der Waals surface area (Å²) in [5.41, 5.74) is 21.2. The normalized spacial score (nSPS) is 14.3. The number of aliphatic hydroxyl groups excluding tert-OH is 1. The minimum atomic E-state index is -1.87. The highest BCUT2D eigenvalue weighted by molar-refractivity contribution is 5.98. The quantitative estimate of drug-likeness (QED) is 0.0285. The monoisotopic (exact) mass is 974 g/mol. The maximum Gasteiger partial charge on any atom is 0.303 e. The molecule has 0 unspecified atom stereocenters. The third kappa shape index (κ3) is 25.3. The third-order valence-corrected chi connectivity index (χ3v) is 9.29. The molecule has 0 spiro atoms. The second-order valence-electron chi connectivity index (χ2n) is 15.7. The molecule has 30 nitrogen and oxygen atoms in total. The van der Waals surface area contributed by atoms with Gasteiger partial charge >= 0.3 is 17.9 Å². The second-order valence-corrected chi connectivity index (χ2v) is 15.7. The van der Waals surface area contributed by atoms with E-state index in [1.165, 1.54) is 0 Å². The van der Waals surface area contributed by atoms with Gasteiger partial charge in [0.1, 0.15) is 42.3 Å². The SMILES string of the molecule is CC(C)C[C@H](NC(=O)[C@H](CCC(=O)O)NC(=O)[C@H](C)NC(=O)CNC(=O)[C@H](CCC(N)=O)NC(=O)[C@@H](N)CCC(=O)O)C(=O)N[C@@H](CO)C(=O)N[C@@H](CC(N)=O)C(=O)N[C@@H](CCC(=O)O)C(N)=O. The average Bonchev–Trinajstić information content (AvgIpc) is 3.23. The van der Waals surface area contributed by atoms with Crippen molar-refractivity contribution < 1.29 is 87.5 Å². The minimum Gasteiger partial charge on any atom is -0.481 e. The van der Waals surface area contributed by atoms with Crippen molar-refractivity contribution in [2.75, 3.05) is 13.2 Å². The smallest absolute Gasteiger partial charge is 0.303 e. The molecule has 0 bridgehead atoms. The predicted octanol–water partition coefficient (Wildman–Crippen LogP) is -7.90. The molecule has 11 amide bonds. The Morgan fingerprint density at radius 2 is 0.868 bits per heavy atom. The molecule has 0 radical (unpaired) electrons. The first-order chi connectivity index (χ1) is 31.6. The van der Waals surface area contributed by atoms with Crippen LogP contribution < -0.4 is 65.5 Å². The number of primary amides is 3. The Morgan fingerprint density at radius 1 is 0.456 bits per heavy atom. The van der Waals surface area contributed by atoms with Crippen LogP contribution in [-0.2, 0) is 67.1 Å². The van der Waals surface area contributed by atoms with Crippen molar-refractivity contribution in [3.8, 4) is 0 Å². The summed E-state index contributed by atoms with van der Waals surface area (Å²) in [6, 6.07) is -12.7. The molecular weight excluding hydrogens is 912 g/mol. The largest absolute Gasteiger partial charge is 0.481 e. The highest BCUT2D eigenvalue weighted by Gasteiger charge is 2.34. The first kappa shape index (κ1) is 60.5. The fourth-order valence-electron chi connectivity index (χ4n) is 5.68. The summed E-state index contributed by atoms with van der Waals surface area (Å²) in [6.45, 7) is 2.46. The van der Waals surface area contributed by atoms with Gasteiger partial charge in [0, 0.05) is 25.7 Å². The number of carboxylic acid groups (broad SMARTS) is 3. The maximum atomic E-state index is 13.6. The van der Waals surface area contributed by atoms with Crippen molar-refractivity contribution in [1.82, 2.24) is 42.5 Å². The Bertz CT molecular complexity index is 1880. The van der Waals surface area contributed by atoms with Crippen LogP contribution in [0.25, 0.3) is 0 Å². The van der Waals surface area contributed by atoms with Crippen LogP contribution >= 0.6 is 0 Å². The number of carbonyl (C=O) groups excluding carboxylic acids is 11. The molecule has 20 N–H and O–H groups in total. The summed E-state index contributed by atoms with van der Waals surface area (Å²) >= 11 is 0. The number of carboxylic acids is 3. The molecule has 30 heteroatoms. The molecule has 0 aromatic rings. The number of amides is 11. The molecule has 0 heterocycles. The molecule has 382 valence electrons. The van der Waals surface area contributed by atoms with Crippen molar-refractivity contribution in [2.24, 2.45) is 28.9 Å². The second kappa shape index (κ2) is 30.7. The molecule has 0 aliphatic carbocycles. The van der Waals surface area contributed by atoms with Crippen LogP contribution in [0.4, 0.5) is 0 Å². The first-order valence-corrected chi connectivity index (χ1v) is 20.8. The van der Waals surface area contributed by atoms with Crippen LogP contribution in [0.3, 0.4) is 0 Å². The molecule has 0 fully saturated rings. The number of rotatable bonds is 34.